The molecule has 200 valence electrons. The Morgan fingerprint density at radius 3 is 2.82 bits per heavy atom. The van der Waals surface area contributed by atoms with Crippen LogP contribution in [0.15, 0.2) is 64.4 Å². The lowest BCUT2D eigenvalue weighted by molar-refractivity contribution is 0.0428. The van der Waals surface area contributed by atoms with E-state index in [0.29, 0.717) is 18.6 Å². The van der Waals surface area contributed by atoms with Gasteiger partial charge in [0.15, 0.2) is 23.1 Å². The number of carbonyl (C=O) groups is 1. The zero-order chi connectivity index (χ0) is 26.9. The maximum atomic E-state index is 15.5. The van der Waals surface area contributed by atoms with Crippen molar-refractivity contribution in [2.24, 2.45) is 0 Å². The number of hydrogen-bond donors (Lipinski definition) is 1. The number of fused-ring (bicyclic) bond motifs is 8. The van der Waals surface area contributed by atoms with E-state index >= 15 is 4.39 Å². The van der Waals surface area contributed by atoms with Crippen LogP contribution in [-0.2, 0) is 10.5 Å². The number of nitrogens with zero attached hydrogens (tertiary/aromatic N) is 3. The van der Waals surface area contributed by atoms with Gasteiger partial charge < -0.3 is 19.5 Å². The van der Waals surface area contributed by atoms with Crippen molar-refractivity contribution in [1.29, 1.82) is 0 Å². The minimum Gasteiger partial charge on any atom is -0.502 e. The normalized spacial score (nSPS) is 24.3. The number of rotatable bonds is 0. The quantitative estimate of drug-likeness (QED) is 0.427. The average Bonchev–Trinajstić information content (AvgIpc) is 3.33. The highest BCUT2D eigenvalue weighted by molar-refractivity contribution is 7.98. The van der Waals surface area contributed by atoms with Gasteiger partial charge in [-0.1, -0.05) is 24.3 Å². The predicted octanol–water partition coefficient (Wildman–Crippen LogP) is 3.69. The Morgan fingerprint density at radius 2 is 2.00 bits per heavy atom. The first-order chi connectivity index (χ1) is 18.9. The van der Waals surface area contributed by atoms with Crippen LogP contribution in [0, 0.1) is 11.6 Å². The standard InChI is InChI=1S/C28H23F2N3O5S/c29-18-12-20-22-17(23(18)30)13-39-21-5-2-1-4-16(21)24(22)33-15-31(28(7-3-10-38-20)8-11-37-14-28)27(36)25-26(35)19(34)6-9-32(25)33/h1-7,9,12,24,35H,8,10-11,13-15H2/b7-3+/t24-,28-/m0/s1. The maximum Gasteiger partial charge on any atom is 0.278 e. The van der Waals surface area contributed by atoms with E-state index < -0.39 is 40.3 Å². The van der Waals surface area contributed by atoms with Gasteiger partial charge in [0.25, 0.3) is 5.91 Å². The summed E-state index contributed by atoms with van der Waals surface area (Å²) in [6, 6.07) is 9.04. The smallest absolute Gasteiger partial charge is 0.278 e. The van der Waals surface area contributed by atoms with Crippen molar-refractivity contribution in [3.63, 3.8) is 0 Å². The first kappa shape index (κ1) is 24.2. The Kier molecular flexibility index (Phi) is 5.50. The molecule has 0 saturated carbocycles. The summed E-state index contributed by atoms with van der Waals surface area (Å²) < 4.78 is 43.7. The Labute approximate surface area is 226 Å². The van der Waals surface area contributed by atoms with Crippen LogP contribution in [-0.4, -0.2) is 52.6 Å². The molecule has 0 radical (unpaired) electrons. The first-order valence-electron chi connectivity index (χ1n) is 12.5. The second kappa shape index (κ2) is 8.85. The number of amides is 1. The zero-order valence-electron chi connectivity index (χ0n) is 20.6. The number of benzene rings is 2. The molecule has 1 N–H and O–H groups in total. The van der Waals surface area contributed by atoms with Gasteiger partial charge in [-0.15, -0.1) is 11.8 Å². The van der Waals surface area contributed by atoms with E-state index in [1.165, 1.54) is 28.7 Å². The minimum atomic E-state index is -1.01. The zero-order valence-corrected chi connectivity index (χ0v) is 21.4. The lowest BCUT2D eigenvalue weighted by atomic mass is 9.92. The van der Waals surface area contributed by atoms with E-state index in [-0.39, 0.29) is 42.6 Å². The molecule has 4 aliphatic rings. The molecule has 1 aromatic heterocycles. The third-order valence-electron chi connectivity index (χ3n) is 7.88. The van der Waals surface area contributed by atoms with E-state index in [4.69, 9.17) is 9.47 Å². The number of ether oxygens (including phenoxy) is 2. The molecule has 4 aliphatic heterocycles. The lowest BCUT2D eigenvalue weighted by Gasteiger charge is -2.49. The summed E-state index contributed by atoms with van der Waals surface area (Å²) in [5, 5.41) is 12.7. The van der Waals surface area contributed by atoms with Crippen molar-refractivity contribution in [3.05, 3.63) is 99.0 Å². The fourth-order valence-electron chi connectivity index (χ4n) is 5.97. The molecular weight excluding hydrogens is 528 g/mol. The van der Waals surface area contributed by atoms with E-state index in [2.05, 4.69) is 0 Å². The van der Waals surface area contributed by atoms with Crippen molar-refractivity contribution in [2.45, 2.75) is 28.6 Å². The fraction of sp³-hybridized carbons (Fsp3) is 0.286. The van der Waals surface area contributed by atoms with Crippen LogP contribution in [0.4, 0.5) is 8.78 Å². The summed E-state index contributed by atoms with van der Waals surface area (Å²) in [6.07, 6.45) is 5.49. The van der Waals surface area contributed by atoms with E-state index in [1.807, 2.05) is 30.3 Å². The maximum absolute atomic E-state index is 15.5. The molecule has 2 aromatic carbocycles. The van der Waals surface area contributed by atoms with Gasteiger partial charge in [0, 0.05) is 53.1 Å². The van der Waals surface area contributed by atoms with Crippen LogP contribution in [0.3, 0.4) is 0 Å². The van der Waals surface area contributed by atoms with E-state index in [0.717, 1.165) is 16.5 Å². The van der Waals surface area contributed by atoms with Gasteiger partial charge in [0.05, 0.1) is 12.1 Å². The number of halogens is 2. The molecule has 0 unspecified atom stereocenters. The molecule has 2 atom stereocenters. The Balaban J connectivity index is 1.58. The molecule has 7 rings (SSSR count). The molecule has 0 aliphatic carbocycles. The van der Waals surface area contributed by atoms with Crippen LogP contribution >= 0.6 is 11.8 Å². The SMILES string of the molecule is O=C1c2c(O)c(=O)ccn2N2CN1[C@@]1(/C=C/COc3cc(F)c(F)c4c3[C@@H]2c2ccccc2SC4)CCOC1. The van der Waals surface area contributed by atoms with E-state index in [1.54, 1.807) is 16.0 Å². The molecule has 5 heterocycles. The van der Waals surface area contributed by atoms with E-state index in [9.17, 15) is 19.1 Å². The summed E-state index contributed by atoms with van der Waals surface area (Å²) >= 11 is 1.38. The Morgan fingerprint density at radius 1 is 1.15 bits per heavy atom. The second-order valence-electron chi connectivity index (χ2n) is 9.95. The first-order valence-corrected chi connectivity index (χ1v) is 13.5. The summed E-state index contributed by atoms with van der Waals surface area (Å²) in [4.78, 5) is 29.0. The largest absolute Gasteiger partial charge is 0.502 e. The fourth-order valence-corrected chi connectivity index (χ4v) is 7.08. The average molecular weight is 552 g/mol. The van der Waals surface area contributed by atoms with Crippen molar-refractivity contribution in [1.82, 2.24) is 9.58 Å². The third kappa shape index (κ3) is 3.52. The molecule has 11 heteroatoms. The number of carbonyl (C=O) groups excluding carboxylic acids is 1. The number of aromatic nitrogens is 1. The highest BCUT2D eigenvalue weighted by Gasteiger charge is 2.48. The van der Waals surface area contributed by atoms with Gasteiger partial charge >= 0.3 is 0 Å². The lowest BCUT2D eigenvalue weighted by Crippen LogP contribution is -2.62. The molecule has 2 bridgehead atoms. The van der Waals surface area contributed by atoms with Gasteiger partial charge in [-0.25, -0.2) is 8.78 Å². The van der Waals surface area contributed by atoms with Crippen LogP contribution < -0.4 is 15.2 Å². The third-order valence-corrected chi connectivity index (χ3v) is 8.99. The van der Waals surface area contributed by atoms with Gasteiger partial charge in [-0.3, -0.25) is 19.3 Å². The van der Waals surface area contributed by atoms with Crippen molar-refractivity contribution in [2.75, 3.05) is 31.5 Å². The van der Waals surface area contributed by atoms with Crippen LogP contribution in [0.5, 0.6) is 11.5 Å². The Hall–Kier alpha value is -3.83. The molecule has 1 spiro atoms. The highest BCUT2D eigenvalue weighted by Crippen LogP contribution is 2.48. The van der Waals surface area contributed by atoms with Crippen LogP contribution in [0.25, 0.3) is 0 Å². The Bertz CT molecular complexity index is 1620. The minimum absolute atomic E-state index is 0.0172. The van der Waals surface area contributed by atoms with Crippen molar-refractivity contribution < 1.29 is 28.2 Å². The molecule has 1 saturated heterocycles. The van der Waals surface area contributed by atoms with Gasteiger partial charge in [0.1, 0.15) is 25.1 Å². The predicted molar refractivity (Wildman–Crippen MR) is 139 cm³/mol. The van der Waals surface area contributed by atoms with Gasteiger partial charge in [-0.2, -0.15) is 0 Å². The summed E-state index contributed by atoms with van der Waals surface area (Å²) in [5.74, 6) is -2.82. The number of aromatic hydroxyl groups is 1. The molecule has 3 aromatic rings. The number of hydrogen-bond acceptors (Lipinski definition) is 7. The number of pyridine rings is 1. The second-order valence-corrected chi connectivity index (χ2v) is 11.0. The molecular formula is C28H23F2N3O5S. The van der Waals surface area contributed by atoms with Gasteiger partial charge in [0.2, 0.25) is 5.43 Å². The summed E-state index contributed by atoms with van der Waals surface area (Å²) in [5.41, 5.74) is -0.391. The monoisotopic (exact) mass is 551 g/mol. The summed E-state index contributed by atoms with van der Waals surface area (Å²) in [7, 11) is 0. The van der Waals surface area contributed by atoms with Crippen molar-refractivity contribution in [3.8, 4) is 11.5 Å². The van der Waals surface area contributed by atoms with Crippen molar-refractivity contribution >= 4 is 17.7 Å². The van der Waals surface area contributed by atoms with Crippen LogP contribution in [0.1, 0.15) is 39.6 Å². The molecule has 8 nitrogen and oxygen atoms in total. The van der Waals surface area contributed by atoms with Gasteiger partial charge in [-0.05, 0) is 17.7 Å². The summed E-state index contributed by atoms with van der Waals surface area (Å²) in [6.45, 7) is 0.688. The van der Waals surface area contributed by atoms with Crippen LogP contribution in [0.2, 0.25) is 0 Å². The molecule has 1 amide bonds. The molecule has 39 heavy (non-hydrogen) atoms. The topological polar surface area (TPSA) is 84.2 Å². The molecule has 1 fully saturated rings. The number of thioether (sulfide) groups is 1. The highest BCUT2D eigenvalue weighted by atomic mass is 32.2.